The molecule has 0 fully saturated rings. The smallest absolute Gasteiger partial charge is 0.178 e. The first-order valence-corrected chi connectivity index (χ1v) is 5.36. The van der Waals surface area contributed by atoms with E-state index in [1.54, 1.807) is 31.2 Å². The topological polar surface area (TPSA) is 34.1 Å². The van der Waals surface area contributed by atoms with Crippen LogP contribution in [0.25, 0.3) is 0 Å². The molecular formula is C9H11O2S. The van der Waals surface area contributed by atoms with Gasteiger partial charge >= 0.3 is 0 Å². The predicted molar refractivity (Wildman–Crippen MR) is 48.6 cm³/mol. The van der Waals surface area contributed by atoms with E-state index in [-0.39, 0.29) is 5.75 Å². The summed E-state index contributed by atoms with van der Waals surface area (Å²) >= 11 is 0. The highest BCUT2D eigenvalue weighted by Gasteiger charge is 2.09. The standard InChI is InChI=1S/C9H11O2S/c1-3-12(10,11)9-6-4-8(2)5-7-9/h4-7H,2-3H2,1H3. The van der Waals surface area contributed by atoms with Crippen LogP contribution in [0, 0.1) is 6.92 Å². The van der Waals surface area contributed by atoms with Crippen LogP contribution in [0.3, 0.4) is 0 Å². The van der Waals surface area contributed by atoms with Gasteiger partial charge in [0.25, 0.3) is 0 Å². The average Bonchev–Trinajstić information content (AvgIpc) is 2.05. The molecule has 0 N–H and O–H groups in total. The third kappa shape index (κ3) is 1.85. The summed E-state index contributed by atoms with van der Waals surface area (Å²) in [4.78, 5) is 0.373. The van der Waals surface area contributed by atoms with Gasteiger partial charge in [-0.2, -0.15) is 0 Å². The van der Waals surface area contributed by atoms with Gasteiger partial charge in [-0.1, -0.05) is 19.1 Å². The summed E-state index contributed by atoms with van der Waals surface area (Å²) in [7, 11) is -3.04. The van der Waals surface area contributed by atoms with E-state index in [9.17, 15) is 8.42 Å². The van der Waals surface area contributed by atoms with E-state index < -0.39 is 9.84 Å². The molecule has 1 aromatic rings. The summed E-state index contributed by atoms with van der Waals surface area (Å²) in [5.41, 5.74) is 0.824. The number of sulfone groups is 1. The van der Waals surface area contributed by atoms with E-state index in [1.807, 2.05) is 0 Å². The third-order valence-corrected chi connectivity index (χ3v) is 3.41. The Balaban J connectivity index is 3.14. The number of hydrogen-bond donors (Lipinski definition) is 0. The number of hydrogen-bond acceptors (Lipinski definition) is 2. The van der Waals surface area contributed by atoms with Crippen LogP contribution in [-0.2, 0) is 9.84 Å². The normalized spacial score (nSPS) is 11.5. The maximum atomic E-state index is 11.3. The lowest BCUT2D eigenvalue weighted by Crippen LogP contribution is -2.02. The monoisotopic (exact) mass is 183 g/mol. The molecule has 12 heavy (non-hydrogen) atoms. The zero-order valence-electron chi connectivity index (χ0n) is 6.95. The van der Waals surface area contributed by atoms with Crippen LogP contribution in [0.15, 0.2) is 29.2 Å². The second-order valence-corrected chi connectivity index (χ2v) is 4.83. The summed E-state index contributed by atoms with van der Waals surface area (Å²) in [6, 6.07) is 6.56. The second kappa shape index (κ2) is 3.27. The fourth-order valence-corrected chi connectivity index (χ4v) is 1.75. The molecule has 0 spiro atoms. The first kappa shape index (κ1) is 9.26. The average molecular weight is 183 g/mol. The van der Waals surface area contributed by atoms with E-state index in [2.05, 4.69) is 6.92 Å². The van der Waals surface area contributed by atoms with Gasteiger partial charge in [0.15, 0.2) is 9.84 Å². The number of rotatable bonds is 2. The van der Waals surface area contributed by atoms with E-state index >= 15 is 0 Å². The van der Waals surface area contributed by atoms with Gasteiger partial charge in [-0.05, 0) is 24.6 Å². The van der Waals surface area contributed by atoms with E-state index in [0.29, 0.717) is 4.90 Å². The van der Waals surface area contributed by atoms with E-state index in [4.69, 9.17) is 0 Å². The lowest BCUT2D eigenvalue weighted by atomic mass is 10.2. The Kier molecular flexibility index (Phi) is 2.52. The lowest BCUT2D eigenvalue weighted by Gasteiger charge is -2.00. The first-order valence-electron chi connectivity index (χ1n) is 3.71. The predicted octanol–water partition coefficient (Wildman–Crippen LogP) is 1.66. The Labute approximate surface area is 73.2 Å². The minimum absolute atomic E-state index is 0.142. The van der Waals surface area contributed by atoms with Gasteiger partial charge in [0, 0.05) is 0 Å². The molecule has 0 amide bonds. The van der Waals surface area contributed by atoms with Crippen LogP contribution < -0.4 is 0 Å². The largest absolute Gasteiger partial charge is 0.224 e. The molecule has 65 valence electrons. The molecule has 1 aromatic carbocycles. The molecule has 0 aliphatic heterocycles. The summed E-state index contributed by atoms with van der Waals surface area (Å²) in [5.74, 6) is 0.142. The lowest BCUT2D eigenvalue weighted by molar-refractivity contribution is 0.597. The Morgan fingerprint density at radius 3 is 2.17 bits per heavy atom. The maximum absolute atomic E-state index is 11.3. The van der Waals surface area contributed by atoms with Gasteiger partial charge in [0.1, 0.15) is 0 Å². The van der Waals surface area contributed by atoms with Gasteiger partial charge in [-0.25, -0.2) is 8.42 Å². The highest BCUT2D eigenvalue weighted by Crippen LogP contribution is 2.11. The molecule has 2 nitrogen and oxygen atoms in total. The Morgan fingerprint density at radius 1 is 1.25 bits per heavy atom. The van der Waals surface area contributed by atoms with Gasteiger partial charge in [-0.3, -0.25) is 0 Å². The quantitative estimate of drug-likeness (QED) is 0.698. The summed E-state index contributed by atoms with van der Waals surface area (Å²) in [6.45, 7) is 5.31. The van der Waals surface area contributed by atoms with Crippen molar-refractivity contribution in [3.63, 3.8) is 0 Å². The van der Waals surface area contributed by atoms with Crippen molar-refractivity contribution < 1.29 is 8.42 Å². The molecule has 0 unspecified atom stereocenters. The fraction of sp³-hybridized carbons (Fsp3) is 0.222. The van der Waals surface area contributed by atoms with Crippen LogP contribution in [-0.4, -0.2) is 14.2 Å². The Morgan fingerprint density at radius 2 is 1.75 bits per heavy atom. The molecule has 0 aliphatic rings. The van der Waals surface area contributed by atoms with Crippen molar-refractivity contribution >= 4 is 9.84 Å². The molecule has 0 bridgehead atoms. The minimum atomic E-state index is -3.04. The summed E-state index contributed by atoms with van der Waals surface area (Å²) in [6.07, 6.45) is 0. The molecule has 0 saturated carbocycles. The zero-order valence-corrected chi connectivity index (χ0v) is 7.76. The zero-order chi connectivity index (χ0) is 9.19. The molecular weight excluding hydrogens is 172 g/mol. The summed E-state index contributed by atoms with van der Waals surface area (Å²) < 4.78 is 22.6. The van der Waals surface area contributed by atoms with Crippen LogP contribution in [0.5, 0.6) is 0 Å². The highest BCUT2D eigenvalue weighted by atomic mass is 32.2. The van der Waals surface area contributed by atoms with E-state index in [0.717, 1.165) is 5.56 Å². The molecule has 0 aliphatic carbocycles. The molecule has 1 radical (unpaired) electrons. The molecule has 0 aromatic heterocycles. The van der Waals surface area contributed by atoms with Crippen molar-refractivity contribution in [3.05, 3.63) is 36.8 Å². The van der Waals surface area contributed by atoms with Gasteiger partial charge in [0.2, 0.25) is 0 Å². The van der Waals surface area contributed by atoms with Crippen LogP contribution in [0.4, 0.5) is 0 Å². The SMILES string of the molecule is [CH2]c1ccc(S(=O)(=O)CC)cc1. The molecule has 3 heteroatoms. The van der Waals surface area contributed by atoms with Crippen molar-refractivity contribution in [2.45, 2.75) is 11.8 Å². The molecule has 0 heterocycles. The number of benzene rings is 1. The van der Waals surface area contributed by atoms with Crippen LogP contribution >= 0.6 is 0 Å². The summed E-state index contributed by atoms with van der Waals surface area (Å²) in [5, 5.41) is 0. The minimum Gasteiger partial charge on any atom is -0.224 e. The molecule has 0 saturated heterocycles. The molecule has 0 atom stereocenters. The third-order valence-electron chi connectivity index (χ3n) is 1.66. The fourth-order valence-electron chi connectivity index (χ4n) is 0.863. The van der Waals surface area contributed by atoms with Gasteiger partial charge in [-0.15, -0.1) is 0 Å². The van der Waals surface area contributed by atoms with E-state index in [1.165, 1.54) is 0 Å². The highest BCUT2D eigenvalue weighted by molar-refractivity contribution is 7.91. The van der Waals surface area contributed by atoms with Crippen LogP contribution in [0.2, 0.25) is 0 Å². The van der Waals surface area contributed by atoms with Crippen molar-refractivity contribution in [2.75, 3.05) is 5.75 Å². The second-order valence-electron chi connectivity index (χ2n) is 2.55. The van der Waals surface area contributed by atoms with Crippen molar-refractivity contribution in [1.29, 1.82) is 0 Å². The first-order chi connectivity index (χ1) is 5.56. The van der Waals surface area contributed by atoms with Crippen molar-refractivity contribution in [3.8, 4) is 0 Å². The molecule has 1 rings (SSSR count). The van der Waals surface area contributed by atoms with Crippen LogP contribution in [0.1, 0.15) is 12.5 Å². The van der Waals surface area contributed by atoms with Gasteiger partial charge < -0.3 is 0 Å². The van der Waals surface area contributed by atoms with Crippen molar-refractivity contribution in [2.24, 2.45) is 0 Å². The Bertz CT molecular complexity index is 349. The Hall–Kier alpha value is -0.830. The van der Waals surface area contributed by atoms with Crippen molar-refractivity contribution in [1.82, 2.24) is 0 Å². The van der Waals surface area contributed by atoms with Gasteiger partial charge in [0.05, 0.1) is 10.6 Å². The maximum Gasteiger partial charge on any atom is 0.178 e.